The molecule has 2 N–H and O–H groups in total. The van der Waals surface area contributed by atoms with Crippen LogP contribution < -0.4 is 5.32 Å². The zero-order valence-electron chi connectivity index (χ0n) is 8.10. The Labute approximate surface area is 82.1 Å². The van der Waals surface area contributed by atoms with Crippen molar-refractivity contribution in [3.05, 3.63) is 35.8 Å². The van der Waals surface area contributed by atoms with Gasteiger partial charge < -0.3 is 10.3 Å². The standard InChI is InChI=1S/C11H13FN2/c1-2-13-7-9-6-8-4-3-5-10(12)11(8)14-9/h3-6,13-14H,2,7H2,1H3. The van der Waals surface area contributed by atoms with Gasteiger partial charge in [0, 0.05) is 17.6 Å². The first-order chi connectivity index (χ1) is 6.81. The minimum Gasteiger partial charge on any atom is -0.355 e. The molecule has 0 aliphatic heterocycles. The molecule has 2 aromatic rings. The maximum Gasteiger partial charge on any atom is 0.147 e. The molecule has 0 saturated heterocycles. The van der Waals surface area contributed by atoms with Gasteiger partial charge >= 0.3 is 0 Å². The number of hydrogen-bond donors (Lipinski definition) is 2. The van der Waals surface area contributed by atoms with E-state index in [-0.39, 0.29) is 5.82 Å². The van der Waals surface area contributed by atoms with Crippen molar-refractivity contribution in [1.29, 1.82) is 0 Å². The second kappa shape index (κ2) is 3.80. The molecule has 0 spiro atoms. The Hall–Kier alpha value is -1.35. The fourth-order valence-corrected chi connectivity index (χ4v) is 1.53. The van der Waals surface area contributed by atoms with Gasteiger partial charge in [-0.1, -0.05) is 19.1 Å². The van der Waals surface area contributed by atoms with Gasteiger partial charge in [-0.3, -0.25) is 0 Å². The van der Waals surface area contributed by atoms with Crippen LogP contribution in [0.5, 0.6) is 0 Å². The molecule has 0 amide bonds. The second-order valence-corrected chi connectivity index (χ2v) is 3.28. The number of nitrogens with one attached hydrogen (secondary N) is 2. The Morgan fingerprint density at radius 3 is 3.00 bits per heavy atom. The van der Waals surface area contributed by atoms with E-state index in [0.29, 0.717) is 5.52 Å². The number of aromatic nitrogens is 1. The number of rotatable bonds is 3. The first-order valence-electron chi connectivity index (χ1n) is 4.78. The maximum absolute atomic E-state index is 13.3. The Morgan fingerprint density at radius 2 is 2.29 bits per heavy atom. The van der Waals surface area contributed by atoms with Crippen LogP contribution >= 0.6 is 0 Å². The van der Waals surface area contributed by atoms with Crippen LogP contribution in [0.3, 0.4) is 0 Å². The highest BCUT2D eigenvalue weighted by Gasteiger charge is 2.03. The summed E-state index contributed by atoms with van der Waals surface area (Å²) in [5.41, 5.74) is 1.62. The zero-order valence-corrected chi connectivity index (χ0v) is 8.10. The summed E-state index contributed by atoms with van der Waals surface area (Å²) in [6, 6.07) is 7.07. The quantitative estimate of drug-likeness (QED) is 0.768. The van der Waals surface area contributed by atoms with Gasteiger partial charge in [0.2, 0.25) is 0 Å². The van der Waals surface area contributed by atoms with Crippen molar-refractivity contribution in [3.63, 3.8) is 0 Å². The van der Waals surface area contributed by atoms with E-state index < -0.39 is 0 Å². The zero-order chi connectivity index (χ0) is 9.97. The lowest BCUT2D eigenvalue weighted by molar-refractivity contribution is 0.636. The van der Waals surface area contributed by atoms with Gasteiger partial charge in [-0.25, -0.2) is 4.39 Å². The molecule has 0 bridgehead atoms. The predicted molar refractivity (Wildman–Crippen MR) is 55.6 cm³/mol. The SMILES string of the molecule is CCNCc1cc2cccc(F)c2[nH]1. The average Bonchev–Trinajstić information content (AvgIpc) is 2.59. The lowest BCUT2D eigenvalue weighted by Gasteiger charge is -1.96. The summed E-state index contributed by atoms with van der Waals surface area (Å²) in [5.74, 6) is -0.190. The Kier molecular flexibility index (Phi) is 2.50. The van der Waals surface area contributed by atoms with E-state index in [9.17, 15) is 4.39 Å². The molecule has 14 heavy (non-hydrogen) atoms. The van der Waals surface area contributed by atoms with Crippen molar-refractivity contribution in [2.24, 2.45) is 0 Å². The van der Waals surface area contributed by atoms with Gasteiger partial charge in [-0.15, -0.1) is 0 Å². The van der Waals surface area contributed by atoms with Crippen LogP contribution in [-0.2, 0) is 6.54 Å². The molecule has 2 nitrogen and oxygen atoms in total. The number of aromatic amines is 1. The summed E-state index contributed by atoms with van der Waals surface area (Å²) in [6.07, 6.45) is 0. The third kappa shape index (κ3) is 1.63. The Morgan fingerprint density at radius 1 is 1.43 bits per heavy atom. The Balaban J connectivity index is 2.36. The first kappa shape index (κ1) is 9.21. The summed E-state index contributed by atoms with van der Waals surface area (Å²) >= 11 is 0. The van der Waals surface area contributed by atoms with E-state index in [4.69, 9.17) is 0 Å². The molecule has 0 unspecified atom stereocenters. The maximum atomic E-state index is 13.3. The summed E-state index contributed by atoms with van der Waals surface area (Å²) in [5, 5.41) is 4.12. The number of benzene rings is 1. The minimum absolute atomic E-state index is 0.190. The first-order valence-corrected chi connectivity index (χ1v) is 4.78. The summed E-state index contributed by atoms with van der Waals surface area (Å²) in [6.45, 7) is 3.71. The van der Waals surface area contributed by atoms with Crippen LogP contribution in [0.4, 0.5) is 4.39 Å². The molecule has 0 fully saturated rings. The third-order valence-corrected chi connectivity index (χ3v) is 2.23. The van der Waals surface area contributed by atoms with Crippen molar-refractivity contribution < 1.29 is 4.39 Å². The molecule has 0 aliphatic carbocycles. The third-order valence-electron chi connectivity index (χ3n) is 2.23. The van der Waals surface area contributed by atoms with Gasteiger partial charge in [0.05, 0.1) is 5.52 Å². The van der Waals surface area contributed by atoms with Gasteiger partial charge in [0.15, 0.2) is 0 Å². The molecule has 1 aromatic carbocycles. The number of H-pyrrole nitrogens is 1. The number of halogens is 1. The molecule has 0 saturated carbocycles. The number of para-hydroxylation sites is 1. The highest BCUT2D eigenvalue weighted by molar-refractivity contribution is 5.80. The monoisotopic (exact) mass is 192 g/mol. The van der Waals surface area contributed by atoms with Crippen LogP contribution in [0.15, 0.2) is 24.3 Å². The smallest absolute Gasteiger partial charge is 0.147 e. The molecule has 2 rings (SSSR count). The van der Waals surface area contributed by atoms with E-state index >= 15 is 0 Å². The fourth-order valence-electron chi connectivity index (χ4n) is 1.53. The van der Waals surface area contributed by atoms with Crippen molar-refractivity contribution in [2.75, 3.05) is 6.54 Å². The lowest BCUT2D eigenvalue weighted by atomic mass is 10.2. The minimum atomic E-state index is -0.190. The number of fused-ring (bicyclic) bond motifs is 1. The van der Waals surface area contributed by atoms with Crippen molar-refractivity contribution in [3.8, 4) is 0 Å². The highest BCUT2D eigenvalue weighted by Crippen LogP contribution is 2.17. The molecule has 1 heterocycles. The van der Waals surface area contributed by atoms with Gasteiger partial charge in [0.25, 0.3) is 0 Å². The molecule has 74 valence electrons. The molecular weight excluding hydrogens is 179 g/mol. The van der Waals surface area contributed by atoms with E-state index in [1.165, 1.54) is 6.07 Å². The van der Waals surface area contributed by atoms with Crippen LogP contribution in [0.25, 0.3) is 10.9 Å². The molecule has 1 aromatic heterocycles. The molecular formula is C11H13FN2. The fraction of sp³-hybridized carbons (Fsp3) is 0.273. The van der Waals surface area contributed by atoms with Crippen molar-refractivity contribution in [2.45, 2.75) is 13.5 Å². The van der Waals surface area contributed by atoms with Gasteiger partial charge in [0.1, 0.15) is 5.82 Å². The van der Waals surface area contributed by atoms with E-state index in [1.807, 2.05) is 19.1 Å². The van der Waals surface area contributed by atoms with Crippen LogP contribution in [0.2, 0.25) is 0 Å². The summed E-state index contributed by atoms with van der Waals surface area (Å²) < 4.78 is 13.3. The van der Waals surface area contributed by atoms with Crippen molar-refractivity contribution in [1.82, 2.24) is 10.3 Å². The molecule has 0 aliphatic rings. The highest BCUT2D eigenvalue weighted by atomic mass is 19.1. The molecule has 0 atom stereocenters. The topological polar surface area (TPSA) is 27.8 Å². The predicted octanol–water partition coefficient (Wildman–Crippen LogP) is 2.42. The van der Waals surface area contributed by atoms with Gasteiger partial charge in [-0.2, -0.15) is 0 Å². The normalized spacial score (nSPS) is 11.0. The summed E-state index contributed by atoms with van der Waals surface area (Å²) in [4.78, 5) is 3.06. The van der Waals surface area contributed by atoms with E-state index in [1.54, 1.807) is 6.07 Å². The molecule has 0 radical (unpaired) electrons. The van der Waals surface area contributed by atoms with Crippen LogP contribution in [0.1, 0.15) is 12.6 Å². The largest absolute Gasteiger partial charge is 0.355 e. The summed E-state index contributed by atoms with van der Waals surface area (Å²) in [7, 11) is 0. The van der Waals surface area contributed by atoms with Gasteiger partial charge in [-0.05, 0) is 18.7 Å². The molecule has 3 heteroatoms. The van der Waals surface area contributed by atoms with Crippen LogP contribution in [-0.4, -0.2) is 11.5 Å². The van der Waals surface area contributed by atoms with E-state index in [2.05, 4.69) is 10.3 Å². The second-order valence-electron chi connectivity index (χ2n) is 3.28. The Bertz CT molecular complexity index is 434. The van der Waals surface area contributed by atoms with Crippen molar-refractivity contribution >= 4 is 10.9 Å². The van der Waals surface area contributed by atoms with Crippen LogP contribution in [0, 0.1) is 5.82 Å². The lowest BCUT2D eigenvalue weighted by Crippen LogP contribution is -2.11. The van der Waals surface area contributed by atoms with E-state index in [0.717, 1.165) is 24.2 Å². The number of hydrogen-bond acceptors (Lipinski definition) is 1. The average molecular weight is 192 g/mol.